The molecule has 17 heavy (non-hydrogen) atoms. The van der Waals surface area contributed by atoms with Gasteiger partial charge in [0.15, 0.2) is 5.78 Å². The number of benzene rings is 1. The van der Waals surface area contributed by atoms with Crippen LogP contribution in [0.25, 0.3) is 11.3 Å². The van der Waals surface area contributed by atoms with Gasteiger partial charge in [0.05, 0.1) is 5.56 Å². The van der Waals surface area contributed by atoms with E-state index in [0.29, 0.717) is 11.3 Å². The first kappa shape index (κ1) is 11.3. The molecule has 1 aromatic carbocycles. The Balaban J connectivity index is 2.52. The van der Waals surface area contributed by atoms with E-state index >= 15 is 0 Å². The van der Waals surface area contributed by atoms with Crippen LogP contribution in [0.1, 0.15) is 17.3 Å². The molecule has 2 aromatic rings. The van der Waals surface area contributed by atoms with Crippen LogP contribution in [0.5, 0.6) is 0 Å². The maximum Gasteiger partial charge on any atom is 0.248 e. The molecule has 1 aromatic heterocycles. The third-order valence-corrected chi connectivity index (χ3v) is 2.43. The van der Waals surface area contributed by atoms with Crippen LogP contribution in [-0.2, 0) is 0 Å². The van der Waals surface area contributed by atoms with Gasteiger partial charge in [0.1, 0.15) is 5.82 Å². The Kier molecular flexibility index (Phi) is 2.87. The van der Waals surface area contributed by atoms with E-state index in [0.717, 1.165) is 0 Å². The Hall–Kier alpha value is -2.23. The van der Waals surface area contributed by atoms with Crippen molar-refractivity contribution in [2.45, 2.75) is 6.92 Å². The molecule has 0 aliphatic heterocycles. The van der Waals surface area contributed by atoms with Crippen LogP contribution in [0, 0.1) is 5.82 Å². The van der Waals surface area contributed by atoms with Crippen molar-refractivity contribution in [2.24, 2.45) is 0 Å². The summed E-state index contributed by atoms with van der Waals surface area (Å²) in [6, 6.07) is 8.89. The topological polar surface area (TPSA) is 49.9 Å². The maximum atomic E-state index is 13.6. The van der Waals surface area contributed by atoms with E-state index in [2.05, 4.69) is 4.98 Å². The van der Waals surface area contributed by atoms with Crippen molar-refractivity contribution in [1.29, 1.82) is 0 Å². The fourth-order valence-corrected chi connectivity index (χ4v) is 1.58. The molecule has 0 unspecified atom stereocenters. The Labute approximate surface area is 96.9 Å². The van der Waals surface area contributed by atoms with Crippen LogP contribution in [0.15, 0.2) is 41.2 Å². The lowest BCUT2D eigenvalue weighted by molar-refractivity contribution is 0.101. The molecule has 0 aliphatic carbocycles. The Morgan fingerprint density at radius 1 is 1.24 bits per heavy atom. The van der Waals surface area contributed by atoms with Gasteiger partial charge in [-0.15, -0.1) is 0 Å². The molecule has 0 aliphatic rings. The third kappa shape index (κ3) is 2.30. The van der Waals surface area contributed by atoms with Gasteiger partial charge in [-0.3, -0.25) is 9.59 Å². The van der Waals surface area contributed by atoms with Crippen molar-refractivity contribution < 1.29 is 9.18 Å². The molecule has 3 nitrogen and oxygen atoms in total. The smallest absolute Gasteiger partial charge is 0.248 e. The zero-order valence-corrected chi connectivity index (χ0v) is 9.16. The SMILES string of the molecule is CC(=O)c1ccc(-c2cccc(=O)[nH]2)cc1F. The molecule has 0 spiro atoms. The number of halogens is 1. The van der Waals surface area contributed by atoms with Gasteiger partial charge < -0.3 is 4.98 Å². The molecular weight excluding hydrogens is 221 g/mol. The molecule has 0 fully saturated rings. The van der Waals surface area contributed by atoms with E-state index in [1.165, 1.54) is 25.1 Å². The molecule has 86 valence electrons. The first-order valence-corrected chi connectivity index (χ1v) is 5.08. The minimum Gasteiger partial charge on any atom is -0.322 e. The highest BCUT2D eigenvalue weighted by Gasteiger charge is 2.08. The number of rotatable bonds is 2. The highest BCUT2D eigenvalue weighted by Crippen LogP contribution is 2.19. The van der Waals surface area contributed by atoms with Gasteiger partial charge in [-0.2, -0.15) is 0 Å². The summed E-state index contributed by atoms with van der Waals surface area (Å²) < 4.78 is 13.6. The number of hydrogen-bond donors (Lipinski definition) is 1. The second-order valence-electron chi connectivity index (χ2n) is 3.68. The largest absolute Gasteiger partial charge is 0.322 e. The van der Waals surface area contributed by atoms with Gasteiger partial charge in [0, 0.05) is 17.3 Å². The second kappa shape index (κ2) is 4.33. The lowest BCUT2D eigenvalue weighted by Crippen LogP contribution is -2.04. The number of H-pyrrole nitrogens is 1. The number of pyridine rings is 1. The van der Waals surface area contributed by atoms with Crippen molar-refractivity contribution in [1.82, 2.24) is 4.98 Å². The Morgan fingerprint density at radius 2 is 2.00 bits per heavy atom. The molecular formula is C13H10FNO2. The van der Waals surface area contributed by atoms with Crippen LogP contribution in [0.3, 0.4) is 0 Å². The molecule has 1 heterocycles. The average molecular weight is 231 g/mol. The summed E-state index contributed by atoms with van der Waals surface area (Å²) in [5, 5.41) is 0. The number of aromatic nitrogens is 1. The van der Waals surface area contributed by atoms with Gasteiger partial charge in [0.2, 0.25) is 5.56 Å². The quantitative estimate of drug-likeness (QED) is 0.807. The van der Waals surface area contributed by atoms with Crippen molar-refractivity contribution >= 4 is 5.78 Å². The van der Waals surface area contributed by atoms with E-state index < -0.39 is 5.82 Å². The first-order valence-electron chi connectivity index (χ1n) is 5.08. The van der Waals surface area contributed by atoms with E-state index in [1.54, 1.807) is 18.2 Å². The van der Waals surface area contributed by atoms with E-state index in [-0.39, 0.29) is 16.9 Å². The average Bonchev–Trinajstić information content (AvgIpc) is 2.28. The van der Waals surface area contributed by atoms with Crippen LogP contribution >= 0.6 is 0 Å². The van der Waals surface area contributed by atoms with E-state index in [1.807, 2.05) is 0 Å². The van der Waals surface area contributed by atoms with Crippen LogP contribution in [0.2, 0.25) is 0 Å². The number of hydrogen-bond acceptors (Lipinski definition) is 2. The summed E-state index contributed by atoms with van der Waals surface area (Å²) in [6.45, 7) is 1.31. The Bertz CT molecular complexity index is 631. The molecule has 2 rings (SSSR count). The number of ketones is 1. The van der Waals surface area contributed by atoms with Crippen molar-refractivity contribution in [3.63, 3.8) is 0 Å². The summed E-state index contributed by atoms with van der Waals surface area (Å²) in [6.07, 6.45) is 0. The summed E-state index contributed by atoms with van der Waals surface area (Å²) in [5.74, 6) is -0.907. The van der Waals surface area contributed by atoms with E-state index in [9.17, 15) is 14.0 Å². The van der Waals surface area contributed by atoms with Gasteiger partial charge in [-0.25, -0.2) is 4.39 Å². The third-order valence-electron chi connectivity index (χ3n) is 2.43. The highest BCUT2D eigenvalue weighted by molar-refractivity contribution is 5.94. The predicted octanol–water partition coefficient (Wildman–Crippen LogP) is 2.38. The summed E-state index contributed by atoms with van der Waals surface area (Å²) in [5.41, 5.74) is 0.849. The zero-order valence-electron chi connectivity index (χ0n) is 9.16. The number of aromatic amines is 1. The lowest BCUT2D eigenvalue weighted by Gasteiger charge is -2.03. The monoisotopic (exact) mass is 231 g/mol. The van der Waals surface area contributed by atoms with Crippen LogP contribution in [-0.4, -0.2) is 10.8 Å². The highest BCUT2D eigenvalue weighted by atomic mass is 19.1. The summed E-state index contributed by atoms with van der Waals surface area (Å²) in [7, 11) is 0. The molecule has 0 saturated heterocycles. The predicted molar refractivity (Wildman–Crippen MR) is 62.5 cm³/mol. The van der Waals surface area contributed by atoms with E-state index in [4.69, 9.17) is 0 Å². The number of nitrogens with one attached hydrogen (secondary N) is 1. The molecule has 0 radical (unpaired) electrons. The summed E-state index contributed by atoms with van der Waals surface area (Å²) >= 11 is 0. The molecule has 0 amide bonds. The lowest BCUT2D eigenvalue weighted by atomic mass is 10.1. The Morgan fingerprint density at radius 3 is 2.59 bits per heavy atom. The molecule has 1 N–H and O–H groups in total. The second-order valence-corrected chi connectivity index (χ2v) is 3.68. The van der Waals surface area contributed by atoms with Gasteiger partial charge in [-0.1, -0.05) is 12.1 Å². The van der Waals surface area contributed by atoms with Crippen LogP contribution < -0.4 is 5.56 Å². The summed E-state index contributed by atoms with van der Waals surface area (Å²) in [4.78, 5) is 24.8. The molecule has 0 atom stereocenters. The van der Waals surface area contributed by atoms with Crippen LogP contribution in [0.4, 0.5) is 4.39 Å². The van der Waals surface area contributed by atoms with Crippen molar-refractivity contribution in [2.75, 3.05) is 0 Å². The molecule has 0 bridgehead atoms. The van der Waals surface area contributed by atoms with Gasteiger partial charge in [-0.05, 0) is 25.1 Å². The molecule has 4 heteroatoms. The minimum atomic E-state index is -0.584. The zero-order chi connectivity index (χ0) is 12.4. The minimum absolute atomic E-state index is 0.0482. The fourth-order valence-electron chi connectivity index (χ4n) is 1.58. The molecule has 0 saturated carbocycles. The van der Waals surface area contributed by atoms with Crippen molar-refractivity contribution in [3.8, 4) is 11.3 Å². The number of Topliss-reactive ketones (excluding diaryl/α,β-unsaturated/α-hetero) is 1. The standard InChI is InChI=1S/C13H10FNO2/c1-8(16)10-6-5-9(7-11(10)14)12-3-2-4-13(17)15-12/h2-7H,1H3,(H,15,17). The normalized spacial score (nSPS) is 10.2. The maximum absolute atomic E-state index is 13.6. The van der Waals surface area contributed by atoms with Crippen molar-refractivity contribution in [3.05, 3.63) is 58.1 Å². The fraction of sp³-hybridized carbons (Fsp3) is 0.0769. The van der Waals surface area contributed by atoms with Gasteiger partial charge >= 0.3 is 0 Å². The number of carbonyl (C=O) groups excluding carboxylic acids is 1. The first-order chi connectivity index (χ1) is 8.08. The van der Waals surface area contributed by atoms with Gasteiger partial charge in [0.25, 0.3) is 0 Å². The number of carbonyl (C=O) groups is 1.